The molecule has 2 aromatic rings. The molecule has 0 unspecified atom stereocenters. The first-order valence-electron chi connectivity index (χ1n) is 5.24. The molecule has 6 heteroatoms. The van der Waals surface area contributed by atoms with Crippen molar-refractivity contribution in [3.63, 3.8) is 0 Å². The summed E-state index contributed by atoms with van der Waals surface area (Å²) in [7, 11) is 0. The number of anilines is 1. The van der Waals surface area contributed by atoms with E-state index in [1.165, 1.54) is 11.3 Å². The fourth-order valence-corrected chi connectivity index (χ4v) is 2.81. The third-order valence-electron chi connectivity index (χ3n) is 2.13. The highest BCUT2D eigenvalue weighted by Gasteiger charge is 2.19. The molecule has 0 saturated carbocycles. The summed E-state index contributed by atoms with van der Waals surface area (Å²) in [4.78, 5) is 8.27. The molecular weight excluding hydrogens is 254 g/mol. The third kappa shape index (κ3) is 3.23. The monoisotopic (exact) mass is 269 g/mol. The van der Waals surface area contributed by atoms with Crippen molar-refractivity contribution in [3.8, 4) is 0 Å². The van der Waals surface area contributed by atoms with Crippen molar-refractivity contribution in [1.82, 2.24) is 9.97 Å². The van der Waals surface area contributed by atoms with Crippen LogP contribution in [0, 0.1) is 0 Å². The van der Waals surface area contributed by atoms with Crippen molar-refractivity contribution in [2.24, 2.45) is 0 Å². The van der Waals surface area contributed by atoms with Gasteiger partial charge in [-0.3, -0.25) is 0 Å². The molecule has 0 aliphatic heterocycles. The van der Waals surface area contributed by atoms with E-state index in [1.54, 1.807) is 24.2 Å². The summed E-state index contributed by atoms with van der Waals surface area (Å²) < 4.78 is 6.78. The number of nitrogen functional groups attached to an aromatic ring is 1. The van der Waals surface area contributed by atoms with Crippen LogP contribution in [0.5, 0.6) is 0 Å². The quantitative estimate of drug-likeness (QED) is 0.866. The first-order valence-corrected chi connectivity index (χ1v) is 7.04. The number of hydrogen-bond acceptors (Lipinski definition) is 6. The normalized spacial score (nSPS) is 11.9. The van der Waals surface area contributed by atoms with E-state index < -0.39 is 0 Å². The van der Waals surface area contributed by atoms with Crippen LogP contribution in [0.25, 0.3) is 0 Å². The molecule has 4 nitrogen and oxygen atoms in total. The number of thiazole rings is 1. The Morgan fingerprint density at radius 3 is 2.65 bits per heavy atom. The summed E-state index contributed by atoms with van der Waals surface area (Å²) in [6.07, 6.45) is 3.58. The summed E-state index contributed by atoms with van der Waals surface area (Å²) in [6, 6.07) is 0. The SMILES string of the molecule is CC(C)(C)c1cnc(CSc2cnc(N)s2)o1. The van der Waals surface area contributed by atoms with E-state index in [9.17, 15) is 0 Å². The molecule has 0 saturated heterocycles. The van der Waals surface area contributed by atoms with Crippen LogP contribution in [0.15, 0.2) is 21.0 Å². The van der Waals surface area contributed by atoms with Crippen LogP contribution < -0.4 is 5.73 Å². The Morgan fingerprint density at radius 2 is 2.12 bits per heavy atom. The Kier molecular flexibility index (Phi) is 3.44. The molecule has 0 amide bonds. The van der Waals surface area contributed by atoms with E-state index in [2.05, 4.69) is 30.7 Å². The van der Waals surface area contributed by atoms with E-state index in [-0.39, 0.29) is 5.41 Å². The maximum atomic E-state index is 5.70. The van der Waals surface area contributed by atoms with E-state index in [4.69, 9.17) is 10.2 Å². The summed E-state index contributed by atoms with van der Waals surface area (Å²) in [6.45, 7) is 6.32. The molecule has 0 spiro atoms. The van der Waals surface area contributed by atoms with Gasteiger partial charge in [0, 0.05) is 5.41 Å². The van der Waals surface area contributed by atoms with Crippen molar-refractivity contribution < 1.29 is 4.42 Å². The van der Waals surface area contributed by atoms with Gasteiger partial charge < -0.3 is 10.2 Å². The molecule has 0 radical (unpaired) electrons. The maximum absolute atomic E-state index is 5.70. The minimum atomic E-state index is 0.00479. The highest BCUT2D eigenvalue weighted by molar-refractivity contribution is 8.00. The van der Waals surface area contributed by atoms with Crippen LogP contribution in [0.3, 0.4) is 0 Å². The van der Waals surface area contributed by atoms with Gasteiger partial charge in [0.15, 0.2) is 5.13 Å². The lowest BCUT2D eigenvalue weighted by atomic mass is 9.94. The standard InChI is InChI=1S/C11H15N3OS2/c1-11(2,3)7-4-13-8(15-7)6-16-9-5-14-10(12)17-9/h4-5H,6H2,1-3H3,(H2,12,14). The highest BCUT2D eigenvalue weighted by atomic mass is 32.2. The fourth-order valence-electron chi connectivity index (χ4n) is 1.20. The van der Waals surface area contributed by atoms with Crippen LogP contribution in [-0.2, 0) is 11.2 Å². The van der Waals surface area contributed by atoms with Gasteiger partial charge in [0.05, 0.1) is 22.4 Å². The zero-order valence-corrected chi connectivity index (χ0v) is 11.7. The predicted octanol–water partition coefficient (Wildman–Crippen LogP) is 3.30. The summed E-state index contributed by atoms with van der Waals surface area (Å²) in [5, 5.41) is 0.593. The van der Waals surface area contributed by atoms with Gasteiger partial charge in [-0.05, 0) is 0 Å². The summed E-state index contributed by atoms with van der Waals surface area (Å²) in [5.41, 5.74) is 5.57. The molecule has 0 atom stereocenters. The van der Waals surface area contributed by atoms with Crippen molar-refractivity contribution >= 4 is 28.2 Å². The Bertz CT molecular complexity index is 499. The largest absolute Gasteiger partial charge is 0.444 e. The van der Waals surface area contributed by atoms with Gasteiger partial charge in [-0.1, -0.05) is 32.1 Å². The second-order valence-electron chi connectivity index (χ2n) is 4.67. The average molecular weight is 269 g/mol. The van der Waals surface area contributed by atoms with Crippen LogP contribution in [0.1, 0.15) is 32.4 Å². The van der Waals surface area contributed by atoms with Gasteiger partial charge in [0.2, 0.25) is 5.89 Å². The Hall–Kier alpha value is -1.01. The van der Waals surface area contributed by atoms with Crippen molar-refractivity contribution in [2.75, 3.05) is 5.73 Å². The maximum Gasteiger partial charge on any atom is 0.204 e. The second kappa shape index (κ2) is 4.70. The molecule has 2 rings (SSSR count). The van der Waals surface area contributed by atoms with Crippen LogP contribution in [0.4, 0.5) is 5.13 Å². The minimum absolute atomic E-state index is 0.00479. The highest BCUT2D eigenvalue weighted by Crippen LogP contribution is 2.30. The molecule has 0 fully saturated rings. The summed E-state index contributed by atoms with van der Waals surface area (Å²) in [5.74, 6) is 2.36. The van der Waals surface area contributed by atoms with Crippen molar-refractivity contribution in [1.29, 1.82) is 0 Å². The molecule has 0 bridgehead atoms. The topological polar surface area (TPSA) is 64.9 Å². The lowest BCUT2D eigenvalue weighted by molar-refractivity contribution is 0.391. The van der Waals surface area contributed by atoms with Gasteiger partial charge in [0.1, 0.15) is 5.76 Å². The van der Waals surface area contributed by atoms with E-state index in [0.29, 0.717) is 10.9 Å². The molecule has 0 aliphatic rings. The smallest absolute Gasteiger partial charge is 0.204 e. The van der Waals surface area contributed by atoms with Crippen LogP contribution in [-0.4, -0.2) is 9.97 Å². The van der Waals surface area contributed by atoms with E-state index >= 15 is 0 Å². The molecule has 0 aliphatic carbocycles. The Morgan fingerprint density at radius 1 is 1.35 bits per heavy atom. The zero-order chi connectivity index (χ0) is 12.5. The zero-order valence-electron chi connectivity index (χ0n) is 10.1. The van der Waals surface area contributed by atoms with Gasteiger partial charge in [0.25, 0.3) is 0 Å². The van der Waals surface area contributed by atoms with E-state index in [0.717, 1.165) is 15.9 Å². The number of oxazole rings is 1. The summed E-state index contributed by atoms with van der Waals surface area (Å²) >= 11 is 3.12. The Balaban J connectivity index is 1.98. The minimum Gasteiger partial charge on any atom is -0.444 e. The molecule has 2 heterocycles. The van der Waals surface area contributed by atoms with Gasteiger partial charge >= 0.3 is 0 Å². The number of aromatic nitrogens is 2. The van der Waals surface area contributed by atoms with Crippen molar-refractivity contribution in [3.05, 3.63) is 24.0 Å². The van der Waals surface area contributed by atoms with Crippen LogP contribution in [0.2, 0.25) is 0 Å². The fraction of sp³-hybridized carbons (Fsp3) is 0.455. The second-order valence-corrected chi connectivity index (χ2v) is 7.01. The van der Waals surface area contributed by atoms with Gasteiger partial charge in [-0.2, -0.15) is 0 Å². The first kappa shape index (κ1) is 12.4. The average Bonchev–Trinajstić information content (AvgIpc) is 2.82. The van der Waals surface area contributed by atoms with Crippen molar-refractivity contribution in [2.45, 2.75) is 36.1 Å². The van der Waals surface area contributed by atoms with Crippen LogP contribution >= 0.6 is 23.1 Å². The lowest BCUT2D eigenvalue weighted by Gasteiger charge is -2.12. The van der Waals surface area contributed by atoms with Gasteiger partial charge in [-0.15, -0.1) is 11.8 Å². The molecule has 2 aromatic heterocycles. The van der Waals surface area contributed by atoms with E-state index in [1.807, 2.05) is 0 Å². The lowest BCUT2D eigenvalue weighted by Crippen LogP contribution is -2.09. The molecule has 17 heavy (non-hydrogen) atoms. The number of thioether (sulfide) groups is 1. The molecule has 92 valence electrons. The number of nitrogens with two attached hydrogens (primary N) is 1. The number of rotatable bonds is 3. The first-order chi connectivity index (χ1) is 7.95. The number of nitrogens with zero attached hydrogens (tertiary/aromatic N) is 2. The third-order valence-corrected chi connectivity index (χ3v) is 4.14. The van der Waals surface area contributed by atoms with Gasteiger partial charge in [-0.25, -0.2) is 9.97 Å². The molecule has 2 N–H and O–H groups in total. The molecular formula is C11H15N3OS2. The predicted molar refractivity (Wildman–Crippen MR) is 71.3 cm³/mol. The Labute approximate surface area is 109 Å². The number of hydrogen-bond donors (Lipinski definition) is 1. The molecule has 0 aromatic carbocycles.